The highest BCUT2D eigenvalue weighted by atomic mass is 32.2. The highest BCUT2D eigenvalue weighted by Crippen LogP contribution is 2.21. The molecule has 0 saturated carbocycles. The Morgan fingerprint density at radius 2 is 1.79 bits per heavy atom. The molecule has 0 bridgehead atoms. The standard InChI is InChI=1S/C21H25FN2O3S/c1-15(25)24-20(16-4-8-18(27-2)9-5-16)14-21(26)23-12-3-13-28-19-10-6-17(22)7-11-19/h4-11,20H,3,12-14H2,1-2H3,(H,23,26)(H,24,25). The second-order valence-electron chi connectivity index (χ2n) is 6.24. The van der Waals surface area contributed by atoms with E-state index in [9.17, 15) is 14.0 Å². The van der Waals surface area contributed by atoms with E-state index in [1.807, 2.05) is 12.1 Å². The second-order valence-corrected chi connectivity index (χ2v) is 7.40. The van der Waals surface area contributed by atoms with Crippen molar-refractivity contribution in [1.29, 1.82) is 0 Å². The van der Waals surface area contributed by atoms with E-state index in [1.54, 1.807) is 43.1 Å². The predicted octanol–water partition coefficient (Wildman–Crippen LogP) is 3.70. The molecule has 2 rings (SSSR count). The fourth-order valence-corrected chi connectivity index (χ4v) is 3.47. The number of carbonyl (C=O) groups excluding carboxylic acids is 2. The van der Waals surface area contributed by atoms with E-state index in [2.05, 4.69) is 10.6 Å². The lowest BCUT2D eigenvalue weighted by Crippen LogP contribution is -2.33. The molecule has 2 aromatic carbocycles. The summed E-state index contributed by atoms with van der Waals surface area (Å²) in [5.74, 6) is 0.973. The van der Waals surface area contributed by atoms with Gasteiger partial charge in [-0.3, -0.25) is 9.59 Å². The van der Waals surface area contributed by atoms with E-state index in [4.69, 9.17) is 4.74 Å². The van der Waals surface area contributed by atoms with E-state index in [0.717, 1.165) is 22.6 Å². The molecule has 0 fully saturated rings. The number of nitrogens with one attached hydrogen (secondary N) is 2. The van der Waals surface area contributed by atoms with Gasteiger partial charge in [-0.25, -0.2) is 4.39 Å². The number of carbonyl (C=O) groups is 2. The number of amides is 2. The molecular formula is C21H25FN2O3S. The number of thioether (sulfide) groups is 1. The van der Waals surface area contributed by atoms with Gasteiger partial charge in [0.1, 0.15) is 11.6 Å². The summed E-state index contributed by atoms with van der Waals surface area (Å²) in [4.78, 5) is 24.8. The lowest BCUT2D eigenvalue weighted by atomic mass is 10.0. The molecule has 0 aromatic heterocycles. The average molecular weight is 405 g/mol. The van der Waals surface area contributed by atoms with E-state index in [1.165, 1.54) is 19.1 Å². The van der Waals surface area contributed by atoms with Crippen LogP contribution in [0.2, 0.25) is 0 Å². The van der Waals surface area contributed by atoms with Crippen molar-refractivity contribution in [2.24, 2.45) is 0 Å². The molecule has 0 radical (unpaired) electrons. The number of hydrogen-bond donors (Lipinski definition) is 2. The topological polar surface area (TPSA) is 67.4 Å². The fourth-order valence-electron chi connectivity index (χ4n) is 2.61. The molecule has 0 aliphatic carbocycles. The van der Waals surface area contributed by atoms with E-state index < -0.39 is 6.04 Å². The lowest BCUT2D eigenvalue weighted by molar-refractivity contribution is -0.122. The minimum atomic E-state index is -0.392. The summed E-state index contributed by atoms with van der Waals surface area (Å²) < 4.78 is 18.0. The molecule has 7 heteroatoms. The Labute approximate surface area is 169 Å². The first-order valence-electron chi connectivity index (χ1n) is 9.04. The zero-order valence-corrected chi connectivity index (χ0v) is 16.9. The molecule has 1 atom stereocenters. The van der Waals surface area contributed by atoms with Crippen molar-refractivity contribution >= 4 is 23.6 Å². The Morgan fingerprint density at radius 1 is 1.11 bits per heavy atom. The fraction of sp³-hybridized carbons (Fsp3) is 0.333. The van der Waals surface area contributed by atoms with Crippen molar-refractivity contribution in [2.75, 3.05) is 19.4 Å². The van der Waals surface area contributed by atoms with Crippen molar-refractivity contribution < 1.29 is 18.7 Å². The number of benzene rings is 2. The maximum absolute atomic E-state index is 12.9. The molecule has 0 spiro atoms. The smallest absolute Gasteiger partial charge is 0.222 e. The number of rotatable bonds is 10. The summed E-state index contributed by atoms with van der Waals surface area (Å²) >= 11 is 1.62. The van der Waals surface area contributed by atoms with Gasteiger partial charge in [0.05, 0.1) is 19.6 Å². The van der Waals surface area contributed by atoms with Crippen LogP contribution in [0.15, 0.2) is 53.4 Å². The molecule has 0 heterocycles. The first-order chi connectivity index (χ1) is 13.5. The highest BCUT2D eigenvalue weighted by Gasteiger charge is 2.17. The number of ether oxygens (including phenoxy) is 1. The molecule has 28 heavy (non-hydrogen) atoms. The summed E-state index contributed by atoms with van der Waals surface area (Å²) in [5, 5.41) is 5.70. The van der Waals surface area contributed by atoms with Gasteiger partial charge in [-0.1, -0.05) is 12.1 Å². The van der Waals surface area contributed by atoms with Gasteiger partial charge >= 0.3 is 0 Å². The van der Waals surface area contributed by atoms with Crippen LogP contribution in [0.25, 0.3) is 0 Å². The summed E-state index contributed by atoms with van der Waals surface area (Å²) in [6, 6.07) is 13.2. The molecule has 5 nitrogen and oxygen atoms in total. The quantitative estimate of drug-likeness (QED) is 0.468. The second kappa shape index (κ2) is 11.3. The van der Waals surface area contributed by atoms with Gasteiger partial charge in [-0.15, -0.1) is 11.8 Å². The van der Waals surface area contributed by atoms with Crippen LogP contribution in [0.4, 0.5) is 4.39 Å². The highest BCUT2D eigenvalue weighted by molar-refractivity contribution is 7.99. The number of halogens is 1. The van der Waals surface area contributed by atoms with Crippen LogP contribution in [0.1, 0.15) is 31.4 Å². The van der Waals surface area contributed by atoms with Crippen molar-refractivity contribution in [3.63, 3.8) is 0 Å². The molecular weight excluding hydrogens is 379 g/mol. The molecule has 2 aromatic rings. The van der Waals surface area contributed by atoms with E-state index >= 15 is 0 Å². The summed E-state index contributed by atoms with van der Waals surface area (Å²) in [7, 11) is 1.59. The third-order valence-electron chi connectivity index (χ3n) is 4.01. The molecule has 1 unspecified atom stereocenters. The minimum Gasteiger partial charge on any atom is -0.497 e. The van der Waals surface area contributed by atoms with Crippen LogP contribution >= 0.6 is 11.8 Å². The van der Waals surface area contributed by atoms with Crippen LogP contribution in [-0.4, -0.2) is 31.2 Å². The molecule has 2 N–H and O–H groups in total. The summed E-state index contributed by atoms with van der Waals surface area (Å²) in [5.41, 5.74) is 0.845. The van der Waals surface area contributed by atoms with Crippen LogP contribution in [0.5, 0.6) is 5.75 Å². The van der Waals surface area contributed by atoms with Gasteiger partial charge in [0.15, 0.2) is 0 Å². The van der Waals surface area contributed by atoms with Gasteiger partial charge in [0.25, 0.3) is 0 Å². The average Bonchev–Trinajstić information content (AvgIpc) is 2.68. The molecule has 0 aliphatic rings. The first-order valence-corrected chi connectivity index (χ1v) is 10.0. The zero-order chi connectivity index (χ0) is 20.4. The van der Waals surface area contributed by atoms with Crippen molar-refractivity contribution in [2.45, 2.75) is 30.7 Å². The number of hydrogen-bond acceptors (Lipinski definition) is 4. The normalized spacial score (nSPS) is 11.5. The third-order valence-corrected chi connectivity index (χ3v) is 5.11. The van der Waals surface area contributed by atoms with Crippen LogP contribution in [-0.2, 0) is 9.59 Å². The Bertz CT molecular complexity index is 766. The Morgan fingerprint density at radius 3 is 2.39 bits per heavy atom. The zero-order valence-electron chi connectivity index (χ0n) is 16.0. The van der Waals surface area contributed by atoms with E-state index in [0.29, 0.717) is 12.3 Å². The summed E-state index contributed by atoms with van der Waals surface area (Å²) in [6.07, 6.45) is 0.956. The molecule has 150 valence electrons. The maximum atomic E-state index is 12.9. The van der Waals surface area contributed by atoms with Crippen molar-refractivity contribution in [3.8, 4) is 5.75 Å². The predicted molar refractivity (Wildman–Crippen MR) is 109 cm³/mol. The van der Waals surface area contributed by atoms with Gasteiger partial charge in [0.2, 0.25) is 11.8 Å². The number of methoxy groups -OCH3 is 1. The molecule has 0 saturated heterocycles. The van der Waals surface area contributed by atoms with Gasteiger partial charge < -0.3 is 15.4 Å². The van der Waals surface area contributed by atoms with Gasteiger partial charge in [-0.2, -0.15) is 0 Å². The SMILES string of the molecule is COc1ccc(C(CC(=O)NCCCSc2ccc(F)cc2)NC(C)=O)cc1. The third kappa shape index (κ3) is 7.60. The first kappa shape index (κ1) is 21.8. The van der Waals surface area contributed by atoms with Crippen molar-refractivity contribution in [1.82, 2.24) is 10.6 Å². The van der Waals surface area contributed by atoms with Crippen LogP contribution in [0.3, 0.4) is 0 Å². The minimum absolute atomic E-state index is 0.124. The largest absolute Gasteiger partial charge is 0.497 e. The van der Waals surface area contributed by atoms with Crippen LogP contribution in [0, 0.1) is 5.82 Å². The van der Waals surface area contributed by atoms with E-state index in [-0.39, 0.29) is 24.1 Å². The monoisotopic (exact) mass is 404 g/mol. The Kier molecular flexibility index (Phi) is 8.81. The van der Waals surface area contributed by atoms with Crippen molar-refractivity contribution in [3.05, 3.63) is 59.9 Å². The maximum Gasteiger partial charge on any atom is 0.222 e. The molecule has 0 aliphatic heterocycles. The van der Waals surface area contributed by atoms with Gasteiger partial charge in [-0.05, 0) is 54.1 Å². The summed E-state index contributed by atoms with van der Waals surface area (Å²) in [6.45, 7) is 1.98. The Balaban J connectivity index is 1.77. The molecule has 2 amide bonds. The van der Waals surface area contributed by atoms with Gasteiger partial charge in [0, 0.05) is 18.4 Å². The van der Waals surface area contributed by atoms with Crippen LogP contribution < -0.4 is 15.4 Å². The Hall–Kier alpha value is -2.54. The lowest BCUT2D eigenvalue weighted by Gasteiger charge is -2.18.